The van der Waals surface area contributed by atoms with Crippen LogP contribution in [0.1, 0.15) is 154 Å². The average Bonchev–Trinajstić information content (AvgIpc) is 3.24. The molecule has 0 aliphatic carbocycles. The van der Waals surface area contributed by atoms with E-state index in [4.69, 9.17) is 4.74 Å². The Kier molecular flexibility index (Phi) is 27.7. The minimum Gasteiger partial charge on any atom is -0.508 e. The number of unbranched alkanes of at least 4 members (excludes halogenated alkanes) is 15. The van der Waals surface area contributed by atoms with Crippen molar-refractivity contribution in [3.63, 3.8) is 0 Å². The minimum absolute atomic E-state index is 0.262. The van der Waals surface area contributed by atoms with Crippen molar-refractivity contribution in [2.75, 3.05) is 6.61 Å². The molecule has 0 aliphatic heterocycles. The van der Waals surface area contributed by atoms with E-state index in [2.05, 4.69) is 90.8 Å². The van der Waals surface area contributed by atoms with Crippen molar-refractivity contribution in [2.24, 2.45) is 0 Å². The molecule has 0 radical (unpaired) electrons. The van der Waals surface area contributed by atoms with Crippen LogP contribution in [0.15, 0.2) is 73.3 Å². The first-order valence-corrected chi connectivity index (χ1v) is 31.2. The number of hydrogen-bond donors (Lipinski definition) is 1. The van der Waals surface area contributed by atoms with E-state index >= 15 is 0 Å². The van der Waals surface area contributed by atoms with Gasteiger partial charge in [-0.1, -0.05) is 168 Å². The number of nitrogens with zero attached hydrogens (tertiary/aromatic N) is 4. The maximum atomic E-state index is 9.28. The molecule has 60 heavy (non-hydrogen) atoms. The zero-order chi connectivity index (χ0) is 43.9. The molecule has 0 atom stereocenters. The summed E-state index contributed by atoms with van der Waals surface area (Å²) in [5.74, 6) is 2.71. The summed E-state index contributed by atoms with van der Waals surface area (Å²) in [6.07, 6.45) is 33.7. The summed E-state index contributed by atoms with van der Waals surface area (Å²) in [5, 5.41) is 9.28. The lowest BCUT2D eigenvalue weighted by Gasteiger charge is -2.29. The van der Waals surface area contributed by atoms with Crippen molar-refractivity contribution < 1.29 is 9.84 Å². The third-order valence-electron chi connectivity index (χ3n) is 10.8. The monoisotopic (exact) mass is 855 g/mol. The second-order valence-corrected chi connectivity index (χ2v) is 29.9. The van der Waals surface area contributed by atoms with Gasteiger partial charge in [-0.25, -0.2) is 19.9 Å². The number of ether oxygens (including phenoxy) is 1. The third-order valence-corrected chi connectivity index (χ3v) is 20.6. The molecular formula is C52H86N4O2Si2. The summed E-state index contributed by atoms with van der Waals surface area (Å²) in [6.45, 7) is 22.1. The van der Waals surface area contributed by atoms with Crippen LogP contribution in [0.5, 0.6) is 11.5 Å². The zero-order valence-corrected chi connectivity index (χ0v) is 41.8. The fraction of sp³-hybridized carbons (Fsp3) is 0.615. The van der Waals surface area contributed by atoms with Gasteiger partial charge in [0, 0.05) is 52.1 Å². The fourth-order valence-corrected chi connectivity index (χ4v) is 21.3. The van der Waals surface area contributed by atoms with E-state index < -0.39 is 16.1 Å². The van der Waals surface area contributed by atoms with Crippen LogP contribution in [0.3, 0.4) is 0 Å². The Morgan fingerprint density at radius 2 is 0.867 bits per heavy atom. The molecule has 0 fully saturated rings. The first-order valence-electron chi connectivity index (χ1n) is 24.1. The van der Waals surface area contributed by atoms with Crippen molar-refractivity contribution in [2.45, 2.75) is 201 Å². The van der Waals surface area contributed by atoms with Gasteiger partial charge in [-0.2, -0.15) is 0 Å². The molecule has 0 unspecified atom stereocenters. The van der Waals surface area contributed by atoms with E-state index in [0.29, 0.717) is 5.82 Å². The largest absolute Gasteiger partial charge is 0.508 e. The number of aromatic hydroxyl groups is 1. The Labute approximate surface area is 370 Å². The van der Waals surface area contributed by atoms with E-state index in [9.17, 15) is 5.11 Å². The lowest BCUT2D eigenvalue weighted by atomic mass is 10.1. The van der Waals surface area contributed by atoms with Gasteiger partial charge in [0.25, 0.3) is 0 Å². The van der Waals surface area contributed by atoms with Crippen LogP contribution in [0.2, 0.25) is 44.4 Å². The molecule has 2 aromatic heterocycles. The van der Waals surface area contributed by atoms with Gasteiger partial charge in [0.15, 0.2) is 11.6 Å². The van der Waals surface area contributed by atoms with Crippen LogP contribution >= 0.6 is 0 Å². The maximum Gasteiger partial charge on any atom is 0.159 e. The van der Waals surface area contributed by atoms with Crippen LogP contribution in [-0.2, 0) is 12.8 Å². The molecule has 4 rings (SSSR count). The first-order chi connectivity index (χ1) is 29.0. The standard InChI is InChI=1S/C32H56N2OSi2.C18H24N2O.C2H6/c1-7-8-9-10-13-16-19-29-26-33-32(34-27-29)30-20-22-31(23-21-30)35-24-17-14-11-12-15-18-25-37(5,6)28-36(2,3)4;1-2-3-4-5-6-7-8-15-13-19-18(20-14-15)16-9-11-17(21)12-10-16;1-2/h20-23,26-27H,7-19,24-25,28H2,1-6H3;9-14,21H,2-8H2,1H3;1-2H3. The van der Waals surface area contributed by atoms with Crippen LogP contribution in [-0.4, -0.2) is 47.8 Å². The molecule has 0 aliphatic rings. The third kappa shape index (κ3) is 24.8. The van der Waals surface area contributed by atoms with Crippen molar-refractivity contribution in [3.8, 4) is 34.3 Å². The van der Waals surface area contributed by atoms with E-state index in [1.165, 1.54) is 126 Å². The van der Waals surface area contributed by atoms with Crippen molar-refractivity contribution >= 4 is 16.1 Å². The van der Waals surface area contributed by atoms with Crippen molar-refractivity contribution in [1.82, 2.24) is 19.9 Å². The minimum atomic E-state index is -0.962. The first kappa shape index (κ1) is 52.8. The topological polar surface area (TPSA) is 81.0 Å². The summed E-state index contributed by atoms with van der Waals surface area (Å²) in [6, 6.07) is 16.7. The van der Waals surface area contributed by atoms with Crippen LogP contribution < -0.4 is 4.74 Å². The summed E-state index contributed by atoms with van der Waals surface area (Å²) in [5.41, 5.74) is 6.00. The van der Waals surface area contributed by atoms with Gasteiger partial charge >= 0.3 is 0 Å². The Bertz CT molecular complexity index is 1610. The summed E-state index contributed by atoms with van der Waals surface area (Å²) in [7, 11) is -1.86. The van der Waals surface area contributed by atoms with Crippen molar-refractivity contribution in [3.05, 3.63) is 84.4 Å². The number of benzene rings is 2. The highest BCUT2D eigenvalue weighted by molar-refractivity contribution is 6.94. The van der Waals surface area contributed by atoms with Gasteiger partial charge in [-0.15, -0.1) is 0 Å². The Morgan fingerprint density at radius 1 is 0.483 bits per heavy atom. The van der Waals surface area contributed by atoms with E-state index in [1.807, 2.05) is 50.8 Å². The molecule has 0 bridgehead atoms. The van der Waals surface area contributed by atoms with Gasteiger partial charge in [-0.05, 0) is 91.8 Å². The molecule has 0 saturated heterocycles. The second kappa shape index (κ2) is 31.5. The Balaban J connectivity index is 0.000000454. The SMILES string of the molecule is CC.CCCCCCCCc1cnc(-c2ccc(O)cc2)nc1.CCCCCCCCc1cnc(-c2ccc(OCCCCCCCC[Si](C)(C)C[Si](C)(C)C)cc2)nc1. The average molecular weight is 855 g/mol. The maximum absolute atomic E-state index is 9.28. The molecule has 8 heteroatoms. The van der Waals surface area contributed by atoms with Crippen LogP contribution in [0.25, 0.3) is 22.8 Å². The van der Waals surface area contributed by atoms with Crippen LogP contribution in [0.4, 0.5) is 0 Å². The molecule has 334 valence electrons. The van der Waals surface area contributed by atoms with Gasteiger partial charge in [0.2, 0.25) is 0 Å². The van der Waals surface area contributed by atoms with Gasteiger partial charge < -0.3 is 9.84 Å². The second-order valence-electron chi connectivity index (χ2n) is 18.6. The summed E-state index contributed by atoms with van der Waals surface area (Å²) in [4.78, 5) is 18.0. The van der Waals surface area contributed by atoms with E-state index in [0.717, 1.165) is 48.6 Å². The van der Waals surface area contributed by atoms with Crippen molar-refractivity contribution in [1.29, 1.82) is 0 Å². The summed E-state index contributed by atoms with van der Waals surface area (Å²) < 4.78 is 5.98. The normalized spacial score (nSPS) is 11.3. The van der Waals surface area contributed by atoms with Crippen LogP contribution in [0, 0.1) is 0 Å². The highest BCUT2D eigenvalue weighted by atomic mass is 28.4. The quantitative estimate of drug-likeness (QED) is 0.0453. The highest BCUT2D eigenvalue weighted by Crippen LogP contribution is 2.26. The van der Waals surface area contributed by atoms with Gasteiger partial charge in [0.05, 0.1) is 6.61 Å². The smallest absolute Gasteiger partial charge is 0.159 e. The molecule has 0 amide bonds. The van der Waals surface area contributed by atoms with E-state index in [1.54, 1.807) is 17.8 Å². The van der Waals surface area contributed by atoms with E-state index in [-0.39, 0.29) is 5.75 Å². The molecular weight excluding hydrogens is 769 g/mol. The number of hydrogen-bond acceptors (Lipinski definition) is 6. The zero-order valence-electron chi connectivity index (χ0n) is 39.8. The lowest BCUT2D eigenvalue weighted by molar-refractivity contribution is 0.304. The Morgan fingerprint density at radius 3 is 1.30 bits per heavy atom. The highest BCUT2D eigenvalue weighted by Gasteiger charge is 2.27. The summed E-state index contributed by atoms with van der Waals surface area (Å²) >= 11 is 0. The predicted octanol–water partition coefficient (Wildman–Crippen LogP) is 16.1. The predicted molar refractivity (Wildman–Crippen MR) is 266 cm³/mol. The molecule has 4 aromatic rings. The molecule has 2 aromatic carbocycles. The number of rotatable bonds is 28. The number of aromatic nitrogens is 4. The molecule has 2 heterocycles. The van der Waals surface area contributed by atoms with Gasteiger partial charge in [-0.3, -0.25) is 0 Å². The Hall–Kier alpha value is -3.37. The lowest BCUT2D eigenvalue weighted by Crippen LogP contribution is -2.37. The van der Waals surface area contributed by atoms with Gasteiger partial charge in [0.1, 0.15) is 11.5 Å². The number of aryl methyl sites for hydroxylation is 2. The molecule has 0 spiro atoms. The fourth-order valence-electron chi connectivity index (χ4n) is 7.92. The molecule has 6 nitrogen and oxygen atoms in total. The number of phenolic OH excluding ortho intramolecular Hbond substituents is 1. The molecule has 1 N–H and O–H groups in total. The molecule has 0 saturated carbocycles. The number of phenols is 1.